The number of nitrogens with zero attached hydrogens (tertiary/aromatic N) is 1. The zero-order valence-electron chi connectivity index (χ0n) is 25.2. The third-order valence-electron chi connectivity index (χ3n) is 8.22. The van der Waals surface area contributed by atoms with E-state index in [4.69, 9.17) is 0 Å². The second-order valence-corrected chi connectivity index (χ2v) is 12.7. The Hall–Kier alpha value is -1.41. The highest BCUT2D eigenvalue weighted by molar-refractivity contribution is 7.99. The van der Waals surface area contributed by atoms with Gasteiger partial charge in [-0.3, -0.25) is 0 Å². The Balaban J connectivity index is 1.65. The van der Waals surface area contributed by atoms with Gasteiger partial charge in [0.15, 0.2) is 0 Å². The lowest BCUT2D eigenvalue weighted by Crippen LogP contribution is -2.22. The van der Waals surface area contributed by atoms with Crippen molar-refractivity contribution in [3.63, 3.8) is 0 Å². The Morgan fingerprint density at radius 1 is 0.474 bits per heavy atom. The Morgan fingerprint density at radius 3 is 1.32 bits per heavy atom. The van der Waals surface area contributed by atoms with Crippen LogP contribution >= 0.6 is 11.8 Å². The molecule has 212 valence electrons. The molecule has 0 radical (unpaired) electrons. The van der Waals surface area contributed by atoms with Crippen LogP contribution in [-0.4, -0.2) is 6.54 Å². The molecule has 0 aromatic heterocycles. The van der Waals surface area contributed by atoms with E-state index in [1.165, 1.54) is 161 Å². The maximum Gasteiger partial charge on any atom is 0.0553 e. The molecule has 1 heterocycles. The van der Waals surface area contributed by atoms with Gasteiger partial charge in [-0.1, -0.05) is 141 Å². The Morgan fingerprint density at radius 2 is 0.868 bits per heavy atom. The van der Waals surface area contributed by atoms with E-state index in [0.717, 1.165) is 6.54 Å². The monoisotopic (exact) mass is 535 g/mol. The first kappa shape index (κ1) is 31.1. The van der Waals surface area contributed by atoms with Gasteiger partial charge in [0.05, 0.1) is 11.4 Å². The van der Waals surface area contributed by atoms with E-state index in [-0.39, 0.29) is 0 Å². The van der Waals surface area contributed by atoms with Crippen LogP contribution in [0.1, 0.15) is 147 Å². The summed E-state index contributed by atoms with van der Waals surface area (Å²) < 4.78 is 0. The van der Waals surface area contributed by atoms with Gasteiger partial charge in [0, 0.05) is 16.3 Å². The van der Waals surface area contributed by atoms with Crippen molar-refractivity contribution in [1.82, 2.24) is 0 Å². The fourth-order valence-corrected chi connectivity index (χ4v) is 7.02. The maximum atomic E-state index is 2.64. The first-order chi connectivity index (χ1) is 18.8. The summed E-state index contributed by atoms with van der Waals surface area (Å²) in [4.78, 5) is 5.59. The van der Waals surface area contributed by atoms with E-state index in [0.29, 0.717) is 0 Å². The quantitative estimate of drug-likeness (QED) is 0.146. The predicted octanol–water partition coefficient (Wildman–Crippen LogP) is 12.5. The van der Waals surface area contributed by atoms with Gasteiger partial charge in [0.25, 0.3) is 0 Å². The zero-order chi connectivity index (χ0) is 26.8. The molecule has 2 heteroatoms. The second-order valence-electron chi connectivity index (χ2n) is 11.7. The fraction of sp³-hybridized carbons (Fsp3) is 0.667. The molecule has 2 aromatic rings. The van der Waals surface area contributed by atoms with Crippen molar-refractivity contribution in [3.05, 3.63) is 47.5 Å². The van der Waals surface area contributed by atoms with Gasteiger partial charge >= 0.3 is 0 Å². The van der Waals surface area contributed by atoms with Crippen molar-refractivity contribution < 1.29 is 0 Å². The minimum atomic E-state index is 1.14. The number of fused-ring (bicyclic) bond motifs is 2. The van der Waals surface area contributed by atoms with E-state index in [2.05, 4.69) is 62.1 Å². The molecule has 1 aliphatic heterocycles. The molecule has 0 aliphatic carbocycles. The molecule has 2 aromatic carbocycles. The van der Waals surface area contributed by atoms with Crippen LogP contribution in [0.4, 0.5) is 11.4 Å². The fourth-order valence-electron chi connectivity index (χ4n) is 5.80. The lowest BCUT2D eigenvalue weighted by molar-refractivity contribution is 0.606. The number of rotatable bonds is 21. The largest absolute Gasteiger partial charge is 0.340 e. The minimum Gasteiger partial charge on any atom is -0.340 e. The van der Waals surface area contributed by atoms with Crippen LogP contribution in [0.2, 0.25) is 0 Å². The van der Waals surface area contributed by atoms with Gasteiger partial charge < -0.3 is 4.90 Å². The van der Waals surface area contributed by atoms with Crippen molar-refractivity contribution >= 4 is 23.1 Å². The molecule has 1 aliphatic rings. The van der Waals surface area contributed by atoms with Crippen molar-refractivity contribution in [1.29, 1.82) is 0 Å². The Labute approximate surface area is 240 Å². The summed E-state index contributed by atoms with van der Waals surface area (Å²) in [5, 5.41) is 0. The molecule has 38 heavy (non-hydrogen) atoms. The SMILES string of the molecule is CCCCCCCCc1ccc2c(c1)Sc1cc(CCCCCCCC)ccc1N2CCCCCCCC. The van der Waals surface area contributed by atoms with Gasteiger partial charge in [-0.05, 0) is 67.5 Å². The van der Waals surface area contributed by atoms with Crippen LogP contribution in [-0.2, 0) is 12.8 Å². The summed E-state index contributed by atoms with van der Waals surface area (Å²) >= 11 is 2.02. The number of hydrogen-bond donors (Lipinski definition) is 0. The van der Waals surface area contributed by atoms with Crippen molar-refractivity contribution in [3.8, 4) is 0 Å². The molecule has 0 bridgehead atoms. The standard InChI is InChI=1S/C36H57NS/c1-4-7-10-13-16-19-22-31-24-26-33-35(29-31)38-36-30-32(23-20-17-14-11-8-5-2)25-27-34(36)37(33)28-21-18-15-12-9-6-3/h24-27,29-30H,4-23,28H2,1-3H3. The van der Waals surface area contributed by atoms with Gasteiger partial charge in [-0.2, -0.15) is 0 Å². The van der Waals surface area contributed by atoms with Gasteiger partial charge in [0.1, 0.15) is 0 Å². The zero-order valence-corrected chi connectivity index (χ0v) is 26.0. The summed E-state index contributed by atoms with van der Waals surface area (Å²) in [5.74, 6) is 0. The number of aryl methyl sites for hydroxylation is 2. The summed E-state index contributed by atoms with van der Waals surface area (Å²) in [5.41, 5.74) is 5.92. The lowest BCUT2D eigenvalue weighted by Gasteiger charge is -2.33. The van der Waals surface area contributed by atoms with Crippen LogP contribution < -0.4 is 4.90 Å². The third-order valence-corrected chi connectivity index (χ3v) is 9.32. The molecule has 0 N–H and O–H groups in total. The van der Waals surface area contributed by atoms with E-state index < -0.39 is 0 Å². The molecule has 0 saturated carbocycles. The van der Waals surface area contributed by atoms with E-state index in [1.807, 2.05) is 11.8 Å². The summed E-state index contributed by atoms with van der Waals surface area (Å²) in [6, 6.07) is 14.7. The van der Waals surface area contributed by atoms with Crippen molar-refractivity contribution in [2.75, 3.05) is 11.4 Å². The van der Waals surface area contributed by atoms with Crippen LogP contribution in [0, 0.1) is 0 Å². The summed E-state index contributed by atoms with van der Waals surface area (Å²) in [6.45, 7) is 8.05. The molecule has 0 fully saturated rings. The molecule has 3 rings (SSSR count). The molecule has 0 saturated heterocycles. The summed E-state index contributed by atoms with van der Waals surface area (Å²) in [7, 11) is 0. The number of unbranched alkanes of at least 4 members (excludes halogenated alkanes) is 15. The molecular formula is C36H57NS. The average molecular weight is 536 g/mol. The normalized spacial score (nSPS) is 12.6. The van der Waals surface area contributed by atoms with Crippen molar-refractivity contribution in [2.24, 2.45) is 0 Å². The molecule has 0 atom stereocenters. The van der Waals surface area contributed by atoms with Crippen LogP contribution in [0.5, 0.6) is 0 Å². The Bertz CT molecular complexity index is 839. The number of benzene rings is 2. The van der Waals surface area contributed by atoms with Gasteiger partial charge in [-0.25, -0.2) is 0 Å². The van der Waals surface area contributed by atoms with Crippen LogP contribution in [0.15, 0.2) is 46.2 Å². The van der Waals surface area contributed by atoms with Gasteiger partial charge in [-0.15, -0.1) is 0 Å². The van der Waals surface area contributed by atoms with Crippen LogP contribution in [0.3, 0.4) is 0 Å². The van der Waals surface area contributed by atoms with E-state index >= 15 is 0 Å². The number of anilines is 2. The topological polar surface area (TPSA) is 3.24 Å². The average Bonchev–Trinajstić information content (AvgIpc) is 2.93. The van der Waals surface area contributed by atoms with Crippen LogP contribution in [0.25, 0.3) is 0 Å². The maximum absolute atomic E-state index is 2.64. The smallest absolute Gasteiger partial charge is 0.0553 e. The Kier molecular flexibility index (Phi) is 15.4. The lowest BCUT2D eigenvalue weighted by atomic mass is 10.0. The van der Waals surface area contributed by atoms with E-state index in [9.17, 15) is 0 Å². The molecule has 0 amide bonds. The highest BCUT2D eigenvalue weighted by atomic mass is 32.2. The highest BCUT2D eigenvalue weighted by Gasteiger charge is 2.23. The first-order valence-electron chi connectivity index (χ1n) is 16.5. The number of hydrogen-bond acceptors (Lipinski definition) is 2. The molecule has 0 spiro atoms. The van der Waals surface area contributed by atoms with Gasteiger partial charge in [0.2, 0.25) is 0 Å². The second kappa shape index (κ2) is 18.8. The first-order valence-corrected chi connectivity index (χ1v) is 17.3. The van der Waals surface area contributed by atoms with E-state index in [1.54, 1.807) is 0 Å². The molecule has 0 unspecified atom stereocenters. The third kappa shape index (κ3) is 10.6. The molecule has 1 nitrogen and oxygen atoms in total. The van der Waals surface area contributed by atoms with Crippen molar-refractivity contribution in [2.45, 2.75) is 159 Å². The predicted molar refractivity (Wildman–Crippen MR) is 172 cm³/mol. The minimum absolute atomic E-state index is 1.14. The molecular weight excluding hydrogens is 478 g/mol. The highest BCUT2D eigenvalue weighted by Crippen LogP contribution is 2.49. The summed E-state index contributed by atoms with van der Waals surface area (Å²) in [6.07, 6.45) is 27.0.